The molecule has 0 aliphatic carbocycles. The zero-order valence-electron chi connectivity index (χ0n) is 6.55. The number of hydrogen-bond acceptors (Lipinski definition) is 3. The fourth-order valence-corrected chi connectivity index (χ4v) is 0.719. The molecule has 0 amide bonds. The molecule has 0 aromatic rings. The van der Waals surface area contributed by atoms with Gasteiger partial charge in [0.2, 0.25) is 0 Å². The Hall–Kier alpha value is -0.0900. The first-order valence-electron chi connectivity index (χ1n) is 3.63. The van der Waals surface area contributed by atoms with Gasteiger partial charge in [0.15, 0.2) is 6.10 Å². The van der Waals surface area contributed by atoms with E-state index in [0.717, 1.165) is 11.8 Å². The molecule has 0 rings (SSSR count). The van der Waals surface area contributed by atoms with Gasteiger partial charge >= 0.3 is 5.97 Å². The molecule has 0 fully saturated rings. The number of aliphatic hydroxyl groups is 1. The van der Waals surface area contributed by atoms with E-state index in [4.69, 9.17) is 9.84 Å². The minimum atomic E-state index is -0.953. The lowest BCUT2D eigenvalue weighted by molar-refractivity contribution is -0.153. The van der Waals surface area contributed by atoms with Crippen LogP contribution in [0.4, 0.5) is 0 Å². The van der Waals surface area contributed by atoms with E-state index < -0.39 is 12.1 Å². The SMILES string of the molecule is CCC(O)C(=O)OCCCBr. The Labute approximate surface area is 74.9 Å². The standard InChI is InChI=1S/C7H13BrO3/c1-2-6(9)7(10)11-5-3-4-8/h6,9H,2-5H2,1H3. The molecule has 1 unspecified atom stereocenters. The lowest BCUT2D eigenvalue weighted by Gasteiger charge is -2.06. The molecule has 66 valence electrons. The summed E-state index contributed by atoms with van der Waals surface area (Å²) in [6, 6.07) is 0. The second-order valence-electron chi connectivity index (χ2n) is 2.13. The Balaban J connectivity index is 3.36. The predicted molar refractivity (Wildman–Crippen MR) is 45.7 cm³/mol. The van der Waals surface area contributed by atoms with Crippen LogP contribution in [0.3, 0.4) is 0 Å². The Morgan fingerprint density at radius 3 is 2.82 bits per heavy atom. The van der Waals surface area contributed by atoms with Gasteiger partial charge < -0.3 is 9.84 Å². The molecule has 0 saturated heterocycles. The van der Waals surface area contributed by atoms with Crippen molar-refractivity contribution in [2.75, 3.05) is 11.9 Å². The first kappa shape index (κ1) is 10.9. The van der Waals surface area contributed by atoms with Crippen molar-refractivity contribution in [3.63, 3.8) is 0 Å². The minimum absolute atomic E-state index is 0.376. The lowest BCUT2D eigenvalue weighted by atomic mass is 10.3. The van der Waals surface area contributed by atoms with Crippen LogP contribution in [0.15, 0.2) is 0 Å². The van der Waals surface area contributed by atoms with Crippen LogP contribution < -0.4 is 0 Å². The number of hydrogen-bond donors (Lipinski definition) is 1. The molecule has 0 aromatic carbocycles. The molecule has 0 aliphatic heterocycles. The Bertz CT molecular complexity index is 116. The third kappa shape index (κ3) is 5.21. The number of carbonyl (C=O) groups is 1. The zero-order chi connectivity index (χ0) is 8.69. The largest absolute Gasteiger partial charge is 0.464 e. The van der Waals surface area contributed by atoms with E-state index >= 15 is 0 Å². The number of carbonyl (C=O) groups excluding carboxylic acids is 1. The van der Waals surface area contributed by atoms with Crippen molar-refractivity contribution >= 4 is 21.9 Å². The fraction of sp³-hybridized carbons (Fsp3) is 0.857. The minimum Gasteiger partial charge on any atom is -0.464 e. The van der Waals surface area contributed by atoms with Crippen molar-refractivity contribution in [2.45, 2.75) is 25.9 Å². The summed E-state index contributed by atoms with van der Waals surface area (Å²) in [4.78, 5) is 10.8. The van der Waals surface area contributed by atoms with E-state index in [9.17, 15) is 4.79 Å². The van der Waals surface area contributed by atoms with Crippen LogP contribution in [0.2, 0.25) is 0 Å². The van der Waals surface area contributed by atoms with E-state index in [2.05, 4.69) is 15.9 Å². The molecular formula is C7H13BrO3. The quantitative estimate of drug-likeness (QED) is 0.432. The van der Waals surface area contributed by atoms with Crippen molar-refractivity contribution in [3.05, 3.63) is 0 Å². The summed E-state index contributed by atoms with van der Waals surface area (Å²) >= 11 is 3.20. The second kappa shape index (κ2) is 6.61. The van der Waals surface area contributed by atoms with Crippen LogP contribution in [-0.4, -0.2) is 29.1 Å². The maximum absolute atomic E-state index is 10.8. The van der Waals surface area contributed by atoms with Crippen LogP contribution in [0.25, 0.3) is 0 Å². The molecule has 3 nitrogen and oxygen atoms in total. The van der Waals surface area contributed by atoms with Gasteiger partial charge in [0.25, 0.3) is 0 Å². The van der Waals surface area contributed by atoms with E-state index in [1.54, 1.807) is 6.92 Å². The normalized spacial score (nSPS) is 12.6. The number of aliphatic hydroxyl groups excluding tert-OH is 1. The highest BCUT2D eigenvalue weighted by Gasteiger charge is 2.12. The van der Waals surface area contributed by atoms with Gasteiger partial charge in [-0.05, 0) is 12.8 Å². The van der Waals surface area contributed by atoms with Crippen molar-refractivity contribution in [2.24, 2.45) is 0 Å². The Morgan fingerprint density at radius 1 is 1.73 bits per heavy atom. The highest BCUT2D eigenvalue weighted by Crippen LogP contribution is 1.95. The molecular weight excluding hydrogens is 212 g/mol. The number of alkyl halides is 1. The second-order valence-corrected chi connectivity index (χ2v) is 2.93. The zero-order valence-corrected chi connectivity index (χ0v) is 8.13. The van der Waals surface area contributed by atoms with Gasteiger partial charge in [-0.15, -0.1) is 0 Å². The lowest BCUT2D eigenvalue weighted by Crippen LogP contribution is -2.22. The maximum atomic E-state index is 10.8. The van der Waals surface area contributed by atoms with Gasteiger partial charge in [0, 0.05) is 5.33 Å². The monoisotopic (exact) mass is 224 g/mol. The van der Waals surface area contributed by atoms with Crippen molar-refractivity contribution in [3.8, 4) is 0 Å². The first-order chi connectivity index (χ1) is 5.22. The van der Waals surface area contributed by atoms with Gasteiger partial charge in [0.05, 0.1) is 6.61 Å². The van der Waals surface area contributed by atoms with E-state index in [0.29, 0.717) is 13.0 Å². The molecule has 0 heterocycles. The molecule has 1 N–H and O–H groups in total. The molecule has 0 radical (unpaired) electrons. The summed E-state index contributed by atoms with van der Waals surface area (Å²) < 4.78 is 4.72. The maximum Gasteiger partial charge on any atom is 0.334 e. The average Bonchev–Trinajstić information content (AvgIpc) is 2.03. The Kier molecular flexibility index (Phi) is 6.56. The molecule has 0 bridgehead atoms. The van der Waals surface area contributed by atoms with Gasteiger partial charge in [-0.25, -0.2) is 4.79 Å². The smallest absolute Gasteiger partial charge is 0.334 e. The molecule has 11 heavy (non-hydrogen) atoms. The number of rotatable bonds is 5. The third-order valence-corrected chi connectivity index (χ3v) is 1.74. The highest BCUT2D eigenvalue weighted by atomic mass is 79.9. The van der Waals surface area contributed by atoms with Crippen LogP contribution in [0.5, 0.6) is 0 Å². The predicted octanol–water partition coefficient (Wildman–Crippen LogP) is 1.09. The summed E-state index contributed by atoms with van der Waals surface area (Å²) in [5.74, 6) is -0.520. The number of halogens is 1. The third-order valence-electron chi connectivity index (χ3n) is 1.18. The topological polar surface area (TPSA) is 46.5 Å². The Morgan fingerprint density at radius 2 is 2.36 bits per heavy atom. The van der Waals surface area contributed by atoms with Gasteiger partial charge in [0.1, 0.15) is 0 Å². The summed E-state index contributed by atoms with van der Waals surface area (Å²) in [7, 11) is 0. The molecule has 1 atom stereocenters. The first-order valence-corrected chi connectivity index (χ1v) is 4.75. The fourth-order valence-electron chi connectivity index (χ4n) is 0.490. The summed E-state index contributed by atoms with van der Waals surface area (Å²) in [6.07, 6.45) is 0.236. The van der Waals surface area contributed by atoms with E-state index in [1.807, 2.05) is 0 Å². The van der Waals surface area contributed by atoms with Crippen LogP contribution >= 0.6 is 15.9 Å². The van der Waals surface area contributed by atoms with Gasteiger partial charge in [-0.3, -0.25) is 0 Å². The van der Waals surface area contributed by atoms with Crippen LogP contribution in [0, 0.1) is 0 Å². The van der Waals surface area contributed by atoms with Crippen molar-refractivity contribution in [1.82, 2.24) is 0 Å². The summed E-state index contributed by atoms with van der Waals surface area (Å²) in [5.41, 5.74) is 0. The van der Waals surface area contributed by atoms with E-state index in [1.165, 1.54) is 0 Å². The number of esters is 1. The van der Waals surface area contributed by atoms with Gasteiger partial charge in [-0.2, -0.15) is 0 Å². The summed E-state index contributed by atoms with van der Waals surface area (Å²) in [6.45, 7) is 2.11. The van der Waals surface area contributed by atoms with Crippen LogP contribution in [0.1, 0.15) is 19.8 Å². The molecule has 0 saturated carbocycles. The molecule has 0 spiro atoms. The van der Waals surface area contributed by atoms with Crippen molar-refractivity contribution in [1.29, 1.82) is 0 Å². The van der Waals surface area contributed by atoms with E-state index in [-0.39, 0.29) is 0 Å². The van der Waals surface area contributed by atoms with Crippen LogP contribution in [-0.2, 0) is 9.53 Å². The molecule has 0 aromatic heterocycles. The molecule has 4 heteroatoms. The highest BCUT2D eigenvalue weighted by molar-refractivity contribution is 9.09. The summed E-state index contributed by atoms with van der Waals surface area (Å²) in [5, 5.41) is 9.75. The molecule has 0 aliphatic rings. The number of ether oxygens (including phenoxy) is 1. The van der Waals surface area contributed by atoms with Crippen molar-refractivity contribution < 1.29 is 14.6 Å². The average molecular weight is 225 g/mol. The van der Waals surface area contributed by atoms with Gasteiger partial charge in [-0.1, -0.05) is 22.9 Å².